The Kier molecular flexibility index (Phi) is 30.2. The molecule has 0 unspecified atom stereocenters. The van der Waals surface area contributed by atoms with Crippen molar-refractivity contribution in [3.63, 3.8) is 0 Å². The Hall–Kier alpha value is -0.610. The third kappa shape index (κ3) is 30.7. The number of methoxy groups -OCH3 is 1. The van der Waals surface area contributed by atoms with Gasteiger partial charge in [0, 0.05) is 18.6 Å². The summed E-state index contributed by atoms with van der Waals surface area (Å²) < 4.78 is 11.9. The summed E-state index contributed by atoms with van der Waals surface area (Å²) in [5.74, 6) is 0.251. The van der Waals surface area contributed by atoms with Gasteiger partial charge in [-0.3, -0.25) is 4.79 Å². The number of hydrogen-bond acceptors (Lipinski definition) is 3. The van der Waals surface area contributed by atoms with E-state index in [4.69, 9.17) is 9.47 Å². The number of nitrogens with one attached hydrogen (secondary N) is 1. The summed E-state index contributed by atoms with van der Waals surface area (Å²) in [5, 5.41) is 3.60. The largest absolute Gasteiger partial charge is 0.379 e. The first-order valence-electron chi connectivity index (χ1n) is 23.1. The van der Waals surface area contributed by atoms with Crippen molar-refractivity contribution < 1.29 is 14.3 Å². The van der Waals surface area contributed by atoms with Crippen LogP contribution < -0.4 is 5.32 Å². The van der Waals surface area contributed by atoms with E-state index in [9.17, 15) is 4.79 Å². The lowest BCUT2D eigenvalue weighted by molar-refractivity contribution is -0.132. The van der Waals surface area contributed by atoms with Gasteiger partial charge in [-0.15, -0.1) is 0 Å². The third-order valence-corrected chi connectivity index (χ3v) is 11.8. The van der Waals surface area contributed by atoms with Crippen molar-refractivity contribution in [3.8, 4) is 0 Å². The molecule has 0 rings (SSSR count). The Morgan fingerprint density at radius 3 is 1.23 bits per heavy atom. The minimum atomic E-state index is -0.400. The van der Waals surface area contributed by atoms with Crippen LogP contribution in [0.3, 0.4) is 0 Å². The van der Waals surface area contributed by atoms with E-state index in [1.54, 1.807) is 7.11 Å². The third-order valence-electron chi connectivity index (χ3n) is 11.8. The van der Waals surface area contributed by atoms with Crippen LogP contribution >= 0.6 is 0 Å². The fourth-order valence-corrected chi connectivity index (χ4v) is 7.88. The fraction of sp³-hybridized carbons (Fsp3) is 0.979. The molecule has 52 heavy (non-hydrogen) atoms. The van der Waals surface area contributed by atoms with Gasteiger partial charge in [-0.1, -0.05) is 196 Å². The van der Waals surface area contributed by atoms with Gasteiger partial charge in [0.2, 0.25) is 5.91 Å². The number of rotatable bonds is 38. The summed E-state index contributed by atoms with van der Waals surface area (Å²) >= 11 is 0. The molecule has 0 bridgehead atoms. The molecule has 0 fully saturated rings. The number of hydrogen-bond donors (Lipinski definition) is 1. The highest BCUT2D eigenvalue weighted by Crippen LogP contribution is 2.39. The molecule has 0 saturated heterocycles. The highest BCUT2D eigenvalue weighted by molar-refractivity contribution is 5.82. The molecule has 0 radical (unpaired) electrons. The van der Waals surface area contributed by atoms with Crippen LogP contribution in [0.15, 0.2) is 0 Å². The SMILES string of the molecule is CCCCCCCCCCCCCCC(CCCCCCCCCCCCCC)NC(=O)C(C)(C)CC(C)(C)CCC(C)(C)OCCC(C)(C)OC. The second kappa shape index (κ2) is 30.6. The molecular formula is C48H97NO3. The molecule has 0 spiro atoms. The van der Waals surface area contributed by atoms with Crippen LogP contribution in [0, 0.1) is 10.8 Å². The van der Waals surface area contributed by atoms with Gasteiger partial charge in [0.15, 0.2) is 0 Å². The first-order chi connectivity index (χ1) is 24.6. The lowest BCUT2D eigenvalue weighted by Crippen LogP contribution is -2.45. The van der Waals surface area contributed by atoms with E-state index in [1.165, 1.54) is 154 Å². The molecule has 0 aromatic carbocycles. The van der Waals surface area contributed by atoms with E-state index in [-0.39, 0.29) is 22.5 Å². The zero-order valence-electron chi connectivity index (χ0n) is 37.7. The van der Waals surface area contributed by atoms with Crippen LogP contribution in [-0.2, 0) is 14.3 Å². The second-order valence-electron chi connectivity index (χ2n) is 19.6. The van der Waals surface area contributed by atoms with Crippen molar-refractivity contribution >= 4 is 5.91 Å². The topological polar surface area (TPSA) is 47.6 Å². The lowest BCUT2D eigenvalue weighted by Gasteiger charge is -2.37. The number of unbranched alkanes of at least 4 members (excludes halogenated alkanes) is 22. The molecule has 4 nitrogen and oxygen atoms in total. The van der Waals surface area contributed by atoms with Crippen LogP contribution in [0.25, 0.3) is 0 Å². The summed E-state index contributed by atoms with van der Waals surface area (Å²) in [5.41, 5.74) is -0.707. The molecule has 0 aromatic rings. The first-order valence-corrected chi connectivity index (χ1v) is 23.1. The van der Waals surface area contributed by atoms with Crippen molar-refractivity contribution in [3.05, 3.63) is 0 Å². The Morgan fingerprint density at radius 1 is 0.500 bits per heavy atom. The average molecular weight is 736 g/mol. The minimum absolute atomic E-state index is 0.0494. The second-order valence-corrected chi connectivity index (χ2v) is 19.6. The molecule has 0 aliphatic carbocycles. The molecule has 1 amide bonds. The molecular weight excluding hydrogens is 639 g/mol. The smallest absolute Gasteiger partial charge is 0.225 e. The molecule has 0 heterocycles. The van der Waals surface area contributed by atoms with Gasteiger partial charge in [-0.2, -0.15) is 0 Å². The van der Waals surface area contributed by atoms with Crippen molar-refractivity contribution in [2.75, 3.05) is 13.7 Å². The number of ether oxygens (including phenoxy) is 2. The number of carbonyl (C=O) groups excluding carboxylic acids is 1. The quantitative estimate of drug-likeness (QED) is 0.0642. The number of amides is 1. The molecule has 0 aliphatic heterocycles. The standard InChI is InChI=1S/C48H97NO3/c1-12-14-16-18-20-22-24-26-28-30-32-34-36-43(37-35-33-31-29-27-25-23-21-19-17-15-13-2)49-44(50)46(5,6)42-45(3,4)38-39-48(9,10)52-41-40-47(7,8)51-11/h43H,12-42H2,1-11H3,(H,49,50). The average Bonchev–Trinajstić information content (AvgIpc) is 3.07. The minimum Gasteiger partial charge on any atom is -0.379 e. The highest BCUT2D eigenvalue weighted by atomic mass is 16.5. The molecule has 4 heteroatoms. The monoisotopic (exact) mass is 736 g/mol. The van der Waals surface area contributed by atoms with E-state index in [2.05, 4.69) is 74.6 Å². The molecule has 0 saturated carbocycles. The predicted octanol–water partition coefficient (Wildman–Crippen LogP) is 15.5. The van der Waals surface area contributed by atoms with E-state index in [1.807, 2.05) is 0 Å². The van der Waals surface area contributed by atoms with Crippen molar-refractivity contribution in [2.24, 2.45) is 10.8 Å². The van der Waals surface area contributed by atoms with Crippen LogP contribution in [0.2, 0.25) is 0 Å². The Balaban J connectivity index is 4.83. The van der Waals surface area contributed by atoms with Crippen molar-refractivity contribution in [1.29, 1.82) is 0 Å². The van der Waals surface area contributed by atoms with E-state index in [0.29, 0.717) is 12.6 Å². The van der Waals surface area contributed by atoms with E-state index < -0.39 is 5.41 Å². The zero-order chi connectivity index (χ0) is 39.2. The molecule has 0 aliphatic rings. The van der Waals surface area contributed by atoms with Gasteiger partial charge in [0.05, 0.1) is 17.8 Å². The lowest BCUT2D eigenvalue weighted by atomic mass is 9.71. The summed E-state index contributed by atoms with van der Waals surface area (Å²) in [4.78, 5) is 13.9. The van der Waals surface area contributed by atoms with Gasteiger partial charge in [0.25, 0.3) is 0 Å². The maximum Gasteiger partial charge on any atom is 0.225 e. The summed E-state index contributed by atoms with van der Waals surface area (Å²) in [6.07, 6.45) is 39.0. The first kappa shape index (κ1) is 51.4. The van der Waals surface area contributed by atoms with Gasteiger partial charge in [-0.25, -0.2) is 0 Å². The zero-order valence-corrected chi connectivity index (χ0v) is 37.7. The predicted molar refractivity (Wildman–Crippen MR) is 230 cm³/mol. The van der Waals surface area contributed by atoms with E-state index >= 15 is 0 Å². The van der Waals surface area contributed by atoms with Crippen molar-refractivity contribution in [2.45, 2.75) is 279 Å². The molecule has 312 valence electrons. The molecule has 0 aromatic heterocycles. The Bertz CT molecular complexity index is 788. The van der Waals surface area contributed by atoms with Gasteiger partial charge in [0.1, 0.15) is 0 Å². The Labute approximate surface area is 328 Å². The summed E-state index contributed by atoms with van der Waals surface area (Å²) in [6.45, 7) is 22.9. The Morgan fingerprint density at radius 2 is 0.865 bits per heavy atom. The van der Waals surface area contributed by atoms with Crippen LogP contribution in [0.4, 0.5) is 0 Å². The van der Waals surface area contributed by atoms with Gasteiger partial charge >= 0.3 is 0 Å². The summed E-state index contributed by atoms with van der Waals surface area (Å²) in [6, 6.07) is 0.310. The normalized spacial score (nSPS) is 13.0. The fourth-order valence-electron chi connectivity index (χ4n) is 7.88. The summed E-state index contributed by atoms with van der Waals surface area (Å²) in [7, 11) is 1.77. The van der Waals surface area contributed by atoms with E-state index in [0.717, 1.165) is 38.5 Å². The highest BCUT2D eigenvalue weighted by Gasteiger charge is 2.36. The van der Waals surface area contributed by atoms with Crippen LogP contribution in [-0.4, -0.2) is 36.9 Å². The maximum atomic E-state index is 13.9. The number of carbonyl (C=O) groups is 1. The van der Waals surface area contributed by atoms with Crippen LogP contribution in [0.1, 0.15) is 262 Å². The van der Waals surface area contributed by atoms with Crippen molar-refractivity contribution in [1.82, 2.24) is 5.32 Å². The maximum absolute atomic E-state index is 13.9. The van der Waals surface area contributed by atoms with Crippen LogP contribution in [0.5, 0.6) is 0 Å². The van der Waals surface area contributed by atoms with Gasteiger partial charge < -0.3 is 14.8 Å². The molecule has 0 atom stereocenters. The molecule has 1 N–H and O–H groups in total. The van der Waals surface area contributed by atoms with Gasteiger partial charge in [-0.05, 0) is 71.6 Å².